The van der Waals surface area contributed by atoms with Crippen LogP contribution in [0.1, 0.15) is 28.6 Å². The highest BCUT2D eigenvalue weighted by molar-refractivity contribution is 5.96. The fraction of sp³-hybridized carbons (Fsp3) is 0.136. The predicted octanol–water partition coefficient (Wildman–Crippen LogP) is 3.46. The number of hydrogen-bond acceptors (Lipinski definition) is 5. The average molecular weight is 410 g/mol. The molecular weight excluding hydrogens is 391 g/mol. The van der Waals surface area contributed by atoms with Crippen LogP contribution >= 0.6 is 0 Å². The maximum atomic E-state index is 13.1. The number of furan rings is 1. The Hall–Kier alpha value is -3.94. The van der Waals surface area contributed by atoms with Gasteiger partial charge < -0.3 is 19.8 Å². The summed E-state index contributed by atoms with van der Waals surface area (Å²) in [5.41, 5.74) is 0.842. The van der Waals surface area contributed by atoms with E-state index in [1.54, 1.807) is 36.4 Å². The minimum absolute atomic E-state index is 0.0134. The van der Waals surface area contributed by atoms with Crippen molar-refractivity contribution in [2.75, 3.05) is 11.9 Å². The van der Waals surface area contributed by atoms with Crippen molar-refractivity contribution < 1.29 is 27.9 Å². The molecule has 1 atom stereocenters. The van der Waals surface area contributed by atoms with Crippen molar-refractivity contribution in [3.63, 3.8) is 0 Å². The zero-order chi connectivity index (χ0) is 21.3. The highest BCUT2D eigenvalue weighted by atomic mass is 19.1. The lowest BCUT2D eigenvalue weighted by Gasteiger charge is -2.18. The molecule has 0 aliphatic rings. The van der Waals surface area contributed by atoms with Gasteiger partial charge in [0, 0.05) is 17.8 Å². The molecule has 1 aromatic heterocycles. The monoisotopic (exact) mass is 410 g/mol. The summed E-state index contributed by atoms with van der Waals surface area (Å²) in [7, 11) is 0. The van der Waals surface area contributed by atoms with E-state index in [4.69, 9.17) is 9.15 Å². The summed E-state index contributed by atoms with van der Waals surface area (Å²) in [4.78, 5) is 36.8. The van der Waals surface area contributed by atoms with Crippen LogP contribution in [0.15, 0.2) is 77.4 Å². The van der Waals surface area contributed by atoms with E-state index in [2.05, 4.69) is 10.6 Å². The Morgan fingerprint density at radius 1 is 0.967 bits per heavy atom. The summed E-state index contributed by atoms with van der Waals surface area (Å²) in [5, 5.41) is 5.13. The molecule has 2 amide bonds. The largest absolute Gasteiger partial charge is 0.459 e. The second kappa shape index (κ2) is 10.0. The number of ether oxygens (including phenoxy) is 1. The van der Waals surface area contributed by atoms with Crippen LogP contribution in [0, 0.1) is 5.82 Å². The number of anilines is 1. The van der Waals surface area contributed by atoms with Gasteiger partial charge in [-0.3, -0.25) is 14.4 Å². The maximum absolute atomic E-state index is 13.1. The third kappa shape index (κ3) is 5.78. The first-order valence-corrected chi connectivity index (χ1v) is 9.15. The second-order valence-electron chi connectivity index (χ2n) is 6.26. The van der Waals surface area contributed by atoms with E-state index < -0.39 is 29.7 Å². The lowest BCUT2D eigenvalue weighted by Crippen LogP contribution is -2.29. The molecule has 0 unspecified atom stereocenters. The second-order valence-corrected chi connectivity index (χ2v) is 6.26. The van der Waals surface area contributed by atoms with Gasteiger partial charge in [0.15, 0.2) is 5.76 Å². The van der Waals surface area contributed by atoms with Gasteiger partial charge >= 0.3 is 5.97 Å². The number of esters is 1. The molecule has 8 heteroatoms. The fourth-order valence-electron chi connectivity index (χ4n) is 2.61. The number of halogens is 1. The molecule has 2 N–H and O–H groups in total. The molecule has 1 heterocycles. The van der Waals surface area contributed by atoms with E-state index in [9.17, 15) is 18.8 Å². The van der Waals surface area contributed by atoms with Crippen LogP contribution < -0.4 is 10.6 Å². The van der Waals surface area contributed by atoms with Gasteiger partial charge in [0.1, 0.15) is 5.82 Å². The molecule has 0 saturated heterocycles. The highest BCUT2D eigenvalue weighted by Crippen LogP contribution is 2.21. The lowest BCUT2D eigenvalue weighted by molar-refractivity contribution is -0.154. The van der Waals surface area contributed by atoms with Crippen molar-refractivity contribution in [1.82, 2.24) is 5.32 Å². The number of nitrogens with one attached hydrogen (secondary N) is 2. The van der Waals surface area contributed by atoms with Crippen LogP contribution in [0.2, 0.25) is 0 Å². The van der Waals surface area contributed by atoms with Crippen molar-refractivity contribution in [2.24, 2.45) is 0 Å². The van der Waals surface area contributed by atoms with E-state index in [0.717, 1.165) is 0 Å². The summed E-state index contributed by atoms with van der Waals surface area (Å²) in [6.07, 6.45) is 0.0250. The van der Waals surface area contributed by atoms with Crippen LogP contribution in [0.4, 0.5) is 10.1 Å². The zero-order valence-corrected chi connectivity index (χ0v) is 15.8. The normalized spacial score (nSPS) is 11.4. The molecule has 0 radical (unpaired) electrons. The van der Waals surface area contributed by atoms with Gasteiger partial charge in [0.2, 0.25) is 6.10 Å². The maximum Gasteiger partial charge on any atom is 0.308 e. The number of carbonyl (C=O) groups is 3. The SMILES string of the molecule is O=C(CCNC(=O)c1ccco1)O[C@H](C(=O)Nc1ccc(F)cc1)c1ccccc1. The molecule has 0 saturated carbocycles. The Morgan fingerprint density at radius 3 is 2.37 bits per heavy atom. The lowest BCUT2D eigenvalue weighted by atomic mass is 10.1. The standard InChI is InChI=1S/C22H19FN2O5/c23-16-8-10-17(11-9-16)25-22(28)20(15-5-2-1-3-6-15)30-19(26)12-13-24-21(27)18-7-4-14-29-18/h1-11,14,20H,12-13H2,(H,24,27)(H,25,28)/t20-/m0/s1. The molecule has 3 aromatic rings. The van der Waals surface area contributed by atoms with Crippen molar-refractivity contribution in [2.45, 2.75) is 12.5 Å². The summed E-state index contributed by atoms with van der Waals surface area (Å²) < 4.78 is 23.4. The number of benzene rings is 2. The summed E-state index contributed by atoms with van der Waals surface area (Å²) in [6, 6.07) is 16.8. The number of hydrogen-bond donors (Lipinski definition) is 2. The topological polar surface area (TPSA) is 97.6 Å². The Kier molecular flexibility index (Phi) is 6.94. The molecule has 30 heavy (non-hydrogen) atoms. The van der Waals surface area contributed by atoms with E-state index >= 15 is 0 Å². The fourth-order valence-corrected chi connectivity index (χ4v) is 2.61. The van der Waals surface area contributed by atoms with Crippen molar-refractivity contribution in [1.29, 1.82) is 0 Å². The van der Waals surface area contributed by atoms with Crippen LogP contribution in [-0.2, 0) is 14.3 Å². The summed E-state index contributed by atoms with van der Waals surface area (Å²) >= 11 is 0. The minimum atomic E-state index is -1.20. The van der Waals surface area contributed by atoms with Crippen LogP contribution in [0.3, 0.4) is 0 Å². The Morgan fingerprint density at radius 2 is 1.70 bits per heavy atom. The average Bonchev–Trinajstić information content (AvgIpc) is 3.29. The van der Waals surface area contributed by atoms with Crippen molar-refractivity contribution in [3.8, 4) is 0 Å². The van der Waals surface area contributed by atoms with Crippen LogP contribution in [-0.4, -0.2) is 24.3 Å². The molecule has 0 aliphatic carbocycles. The van der Waals surface area contributed by atoms with Gasteiger partial charge in [-0.25, -0.2) is 4.39 Å². The zero-order valence-electron chi connectivity index (χ0n) is 15.8. The van der Waals surface area contributed by atoms with Gasteiger partial charge in [-0.15, -0.1) is 0 Å². The Bertz CT molecular complexity index is 988. The summed E-state index contributed by atoms with van der Waals surface area (Å²) in [6.45, 7) is 0.0134. The van der Waals surface area contributed by atoms with E-state index in [0.29, 0.717) is 11.3 Å². The van der Waals surface area contributed by atoms with Gasteiger partial charge in [-0.05, 0) is 36.4 Å². The van der Waals surface area contributed by atoms with Crippen LogP contribution in [0.25, 0.3) is 0 Å². The van der Waals surface area contributed by atoms with Gasteiger partial charge in [0.25, 0.3) is 11.8 Å². The molecule has 7 nitrogen and oxygen atoms in total. The number of carbonyl (C=O) groups excluding carboxylic acids is 3. The quantitative estimate of drug-likeness (QED) is 0.554. The first-order valence-electron chi connectivity index (χ1n) is 9.15. The van der Waals surface area contributed by atoms with Gasteiger partial charge in [-0.2, -0.15) is 0 Å². The number of rotatable bonds is 8. The smallest absolute Gasteiger partial charge is 0.308 e. The van der Waals surface area contributed by atoms with Crippen molar-refractivity contribution in [3.05, 3.63) is 90.1 Å². The van der Waals surface area contributed by atoms with Crippen molar-refractivity contribution >= 4 is 23.5 Å². The molecule has 154 valence electrons. The predicted molar refractivity (Wildman–Crippen MR) is 106 cm³/mol. The molecular formula is C22H19FN2O5. The Balaban J connectivity index is 1.60. The number of amides is 2. The van der Waals surface area contributed by atoms with Crippen LogP contribution in [0.5, 0.6) is 0 Å². The van der Waals surface area contributed by atoms with Gasteiger partial charge in [0.05, 0.1) is 12.7 Å². The third-order valence-electron chi connectivity index (χ3n) is 4.06. The molecule has 0 bridgehead atoms. The Labute approximate surface area is 171 Å². The van der Waals surface area contributed by atoms with E-state index in [1.807, 2.05) is 0 Å². The van der Waals surface area contributed by atoms with E-state index in [-0.39, 0.29) is 18.7 Å². The van der Waals surface area contributed by atoms with Gasteiger partial charge in [-0.1, -0.05) is 30.3 Å². The molecule has 3 rings (SSSR count). The first kappa shape index (κ1) is 20.8. The molecule has 0 fully saturated rings. The highest BCUT2D eigenvalue weighted by Gasteiger charge is 2.25. The third-order valence-corrected chi connectivity index (χ3v) is 4.06. The molecule has 0 aliphatic heterocycles. The first-order chi connectivity index (χ1) is 14.5. The molecule has 0 spiro atoms. The minimum Gasteiger partial charge on any atom is -0.459 e. The summed E-state index contributed by atoms with van der Waals surface area (Å²) in [5.74, 6) is -2.01. The molecule has 2 aromatic carbocycles. The van der Waals surface area contributed by atoms with E-state index in [1.165, 1.54) is 36.6 Å².